The summed E-state index contributed by atoms with van der Waals surface area (Å²) in [5, 5.41) is 0.748. The van der Waals surface area contributed by atoms with Gasteiger partial charge in [-0.05, 0) is 11.3 Å². The van der Waals surface area contributed by atoms with E-state index in [0.717, 1.165) is 11.1 Å². The molecule has 6 heteroatoms. The zero-order valence-electron chi connectivity index (χ0n) is 7.52. The largest absolute Gasteiger partial charge is 0.396 e. The standard InChI is InChI=1S/C8H8F3N2.Y/c1-5-3-7(8(9,10)11)6(2)13(12)4-5;/h3H,2,12H2,1H3;/q-1;. The second kappa shape index (κ2) is 4.60. The summed E-state index contributed by atoms with van der Waals surface area (Å²) >= 11 is 0. The molecule has 0 amide bonds. The molecule has 2 N–H and O–H groups in total. The SMILES string of the molecule is C=C1C(C(F)(F)F)=CC(C)=[C-]N1N.[Y]. The average molecular weight is 278 g/mol. The Balaban J connectivity index is 0.00000169. The van der Waals surface area contributed by atoms with Crippen molar-refractivity contribution in [3.63, 3.8) is 0 Å². The Labute approximate surface area is 105 Å². The minimum absolute atomic E-state index is 0. The van der Waals surface area contributed by atoms with Crippen molar-refractivity contribution >= 4 is 0 Å². The fourth-order valence-corrected chi connectivity index (χ4v) is 0.965. The predicted molar refractivity (Wildman–Crippen MR) is 41.7 cm³/mol. The van der Waals surface area contributed by atoms with Crippen LogP contribution in [0.3, 0.4) is 0 Å². The van der Waals surface area contributed by atoms with Gasteiger partial charge in [0.15, 0.2) is 0 Å². The van der Waals surface area contributed by atoms with Gasteiger partial charge >= 0.3 is 6.18 Å². The number of hydrazine groups is 1. The van der Waals surface area contributed by atoms with Crippen LogP contribution in [0.1, 0.15) is 6.92 Å². The number of allylic oxidation sites excluding steroid dienone is 3. The van der Waals surface area contributed by atoms with Crippen LogP contribution in [0.15, 0.2) is 29.5 Å². The van der Waals surface area contributed by atoms with Gasteiger partial charge in [0.1, 0.15) is 0 Å². The topological polar surface area (TPSA) is 29.3 Å². The number of rotatable bonds is 0. The van der Waals surface area contributed by atoms with Gasteiger partial charge in [0.05, 0.1) is 0 Å². The molecule has 0 aliphatic carbocycles. The van der Waals surface area contributed by atoms with Crippen LogP contribution in [0.25, 0.3) is 0 Å². The van der Waals surface area contributed by atoms with Crippen molar-refractivity contribution in [2.75, 3.05) is 0 Å². The maximum Gasteiger partial charge on any atom is 0.396 e. The van der Waals surface area contributed by atoms with E-state index in [-0.39, 0.29) is 38.4 Å². The fraction of sp³-hybridized carbons (Fsp3) is 0.250. The van der Waals surface area contributed by atoms with Crippen LogP contribution < -0.4 is 5.84 Å². The number of hydrogen-bond acceptors (Lipinski definition) is 2. The second-order valence-electron chi connectivity index (χ2n) is 2.67. The van der Waals surface area contributed by atoms with Gasteiger partial charge in [-0.1, -0.05) is 13.1 Å². The summed E-state index contributed by atoms with van der Waals surface area (Å²) in [6.07, 6.45) is -0.972. The molecule has 0 saturated heterocycles. The van der Waals surface area contributed by atoms with E-state index in [1.54, 1.807) is 0 Å². The first-order chi connectivity index (χ1) is 5.82. The molecule has 0 spiro atoms. The quantitative estimate of drug-likeness (QED) is 0.541. The van der Waals surface area contributed by atoms with Gasteiger partial charge in [0.25, 0.3) is 0 Å². The van der Waals surface area contributed by atoms with Gasteiger partial charge in [0, 0.05) is 32.7 Å². The number of hydrogen-bond donors (Lipinski definition) is 1. The van der Waals surface area contributed by atoms with Crippen molar-refractivity contribution in [1.29, 1.82) is 0 Å². The summed E-state index contributed by atoms with van der Waals surface area (Å²) in [6.45, 7) is 4.70. The van der Waals surface area contributed by atoms with Gasteiger partial charge in [-0.3, -0.25) is 5.84 Å². The number of nitrogens with zero attached hydrogens (tertiary/aromatic N) is 1. The van der Waals surface area contributed by atoms with Crippen molar-refractivity contribution < 1.29 is 45.9 Å². The van der Waals surface area contributed by atoms with Crippen molar-refractivity contribution in [1.82, 2.24) is 5.01 Å². The van der Waals surface area contributed by atoms with E-state index in [4.69, 9.17) is 5.84 Å². The smallest absolute Gasteiger partial charge is 0.394 e. The van der Waals surface area contributed by atoms with Crippen LogP contribution in [0.5, 0.6) is 0 Å². The molecule has 0 saturated carbocycles. The van der Waals surface area contributed by atoms with Crippen LogP contribution in [0.4, 0.5) is 13.2 Å². The summed E-state index contributed by atoms with van der Waals surface area (Å²) in [6, 6.07) is 0. The zero-order valence-corrected chi connectivity index (χ0v) is 10.4. The van der Waals surface area contributed by atoms with E-state index in [1.807, 2.05) is 0 Å². The van der Waals surface area contributed by atoms with Gasteiger partial charge in [-0.25, -0.2) is 0 Å². The Morgan fingerprint density at radius 3 is 2.43 bits per heavy atom. The van der Waals surface area contributed by atoms with Crippen LogP contribution >= 0.6 is 0 Å². The van der Waals surface area contributed by atoms with Crippen molar-refractivity contribution in [3.8, 4) is 0 Å². The van der Waals surface area contributed by atoms with E-state index in [9.17, 15) is 13.2 Å². The third-order valence-corrected chi connectivity index (χ3v) is 1.56. The van der Waals surface area contributed by atoms with Gasteiger partial charge in [-0.15, -0.1) is 12.2 Å². The molecule has 0 aromatic carbocycles. The summed E-state index contributed by atoms with van der Waals surface area (Å²) in [5.41, 5.74) is -0.799. The molecule has 0 fully saturated rings. The summed E-state index contributed by atoms with van der Waals surface area (Å²) in [7, 11) is 0. The first-order valence-corrected chi connectivity index (χ1v) is 3.45. The first-order valence-electron chi connectivity index (χ1n) is 3.45. The molecule has 0 bridgehead atoms. The monoisotopic (exact) mass is 278 g/mol. The minimum atomic E-state index is -4.42. The fourth-order valence-electron chi connectivity index (χ4n) is 0.965. The molecule has 0 unspecified atom stereocenters. The number of nitrogens with two attached hydrogens (primary N) is 1. The maximum atomic E-state index is 12.3. The molecule has 14 heavy (non-hydrogen) atoms. The second-order valence-corrected chi connectivity index (χ2v) is 2.67. The zero-order chi connectivity index (χ0) is 10.2. The normalized spacial score (nSPS) is 17.2. The molecule has 1 aliphatic rings. The van der Waals surface area contributed by atoms with Crippen LogP contribution in [-0.4, -0.2) is 11.2 Å². The molecule has 75 valence electrons. The van der Waals surface area contributed by atoms with Crippen LogP contribution in [0.2, 0.25) is 0 Å². The molecule has 0 atom stereocenters. The van der Waals surface area contributed by atoms with E-state index >= 15 is 0 Å². The molecule has 1 radical (unpaired) electrons. The van der Waals surface area contributed by atoms with E-state index in [1.165, 1.54) is 6.92 Å². The third-order valence-electron chi connectivity index (χ3n) is 1.56. The maximum absolute atomic E-state index is 12.3. The molecule has 1 heterocycles. The molecular weight excluding hydrogens is 270 g/mol. The molecular formula is C8H8F3N2Y-. The summed E-state index contributed by atoms with van der Waals surface area (Å²) in [4.78, 5) is 0. The summed E-state index contributed by atoms with van der Waals surface area (Å²) < 4.78 is 36.9. The van der Waals surface area contributed by atoms with E-state index < -0.39 is 11.7 Å². The van der Waals surface area contributed by atoms with E-state index in [2.05, 4.69) is 12.8 Å². The predicted octanol–water partition coefficient (Wildman–Crippen LogP) is 1.88. The average Bonchev–Trinajstić information content (AvgIpc) is 1.94. The van der Waals surface area contributed by atoms with Gasteiger partial charge in [0.2, 0.25) is 0 Å². The molecule has 2 nitrogen and oxygen atoms in total. The first kappa shape index (κ1) is 13.9. The van der Waals surface area contributed by atoms with Crippen LogP contribution in [-0.2, 0) is 32.7 Å². The molecule has 0 aromatic rings. The van der Waals surface area contributed by atoms with Gasteiger partial charge in [-0.2, -0.15) is 19.2 Å². The van der Waals surface area contributed by atoms with Gasteiger partial charge < -0.3 is 5.01 Å². The number of halogens is 3. The Hall–Kier alpha value is -0.126. The minimum Gasteiger partial charge on any atom is -0.394 e. The van der Waals surface area contributed by atoms with Crippen molar-refractivity contribution in [2.45, 2.75) is 13.1 Å². The van der Waals surface area contributed by atoms with Crippen molar-refractivity contribution in [3.05, 3.63) is 35.7 Å². The van der Waals surface area contributed by atoms with Crippen LogP contribution in [0, 0.1) is 6.20 Å². The third kappa shape index (κ3) is 2.93. The molecule has 1 aliphatic heterocycles. The Morgan fingerprint density at radius 2 is 2.00 bits per heavy atom. The Kier molecular flexibility index (Phi) is 4.55. The molecule has 0 aromatic heterocycles. The number of alkyl halides is 3. The van der Waals surface area contributed by atoms with Crippen molar-refractivity contribution in [2.24, 2.45) is 5.84 Å². The Morgan fingerprint density at radius 1 is 1.50 bits per heavy atom. The molecule has 1 rings (SSSR count). The Bertz CT molecular complexity index is 304. The summed E-state index contributed by atoms with van der Waals surface area (Å²) in [5.74, 6) is 5.22. The van der Waals surface area contributed by atoms with E-state index in [0.29, 0.717) is 5.57 Å².